The summed E-state index contributed by atoms with van der Waals surface area (Å²) in [6, 6.07) is 9.54. The Morgan fingerprint density at radius 2 is 2.00 bits per heavy atom. The number of aromatic amines is 1. The van der Waals surface area contributed by atoms with Gasteiger partial charge in [0.05, 0.1) is 5.69 Å². The zero-order chi connectivity index (χ0) is 16.1. The Kier molecular flexibility index (Phi) is 4.93. The third-order valence-corrected chi connectivity index (χ3v) is 3.30. The summed E-state index contributed by atoms with van der Waals surface area (Å²) in [6.07, 6.45) is 0.0257. The first-order valence-corrected chi connectivity index (χ1v) is 7.08. The van der Waals surface area contributed by atoms with E-state index in [-0.39, 0.29) is 18.2 Å². The highest BCUT2D eigenvalue weighted by Crippen LogP contribution is 2.18. The Morgan fingerprint density at radius 1 is 1.32 bits per heavy atom. The Bertz CT molecular complexity index is 662. The summed E-state index contributed by atoms with van der Waals surface area (Å²) in [4.78, 5) is 22.6. The predicted octanol–water partition coefficient (Wildman–Crippen LogP) is 2.23. The van der Waals surface area contributed by atoms with Crippen LogP contribution in [0.5, 0.6) is 0 Å². The number of rotatable bonds is 6. The number of carboxylic acid groups (broad SMARTS) is 1. The first-order valence-electron chi connectivity index (χ1n) is 7.08. The number of hydrogen-bond donors (Lipinski definition) is 3. The van der Waals surface area contributed by atoms with E-state index in [1.165, 1.54) is 0 Å². The fourth-order valence-corrected chi connectivity index (χ4v) is 2.04. The average Bonchev–Trinajstić information content (AvgIpc) is 2.94. The minimum Gasteiger partial charge on any atom is -0.481 e. The maximum absolute atomic E-state index is 12.0. The molecule has 1 unspecified atom stereocenters. The molecule has 0 spiro atoms. The second kappa shape index (κ2) is 6.89. The summed E-state index contributed by atoms with van der Waals surface area (Å²) in [6.45, 7) is 4.09. The minimum atomic E-state index is -0.870. The summed E-state index contributed by atoms with van der Waals surface area (Å²) in [7, 11) is 0. The van der Waals surface area contributed by atoms with Gasteiger partial charge in [0.2, 0.25) is 0 Å². The molecule has 6 nitrogen and oxygen atoms in total. The second-order valence-corrected chi connectivity index (χ2v) is 5.45. The smallest absolute Gasteiger partial charge is 0.303 e. The van der Waals surface area contributed by atoms with Crippen LogP contribution in [-0.4, -0.2) is 33.7 Å². The van der Waals surface area contributed by atoms with Crippen molar-refractivity contribution in [1.29, 1.82) is 0 Å². The number of H-pyrrole nitrogens is 1. The van der Waals surface area contributed by atoms with Crippen LogP contribution in [0.1, 0.15) is 29.4 Å². The van der Waals surface area contributed by atoms with Crippen LogP contribution in [0.15, 0.2) is 30.3 Å². The fourth-order valence-electron chi connectivity index (χ4n) is 2.04. The molecule has 0 bridgehead atoms. The largest absolute Gasteiger partial charge is 0.481 e. The van der Waals surface area contributed by atoms with Gasteiger partial charge in [0, 0.05) is 18.5 Å². The molecule has 0 aliphatic rings. The molecule has 0 radical (unpaired) electrons. The van der Waals surface area contributed by atoms with Crippen molar-refractivity contribution in [2.45, 2.75) is 20.3 Å². The van der Waals surface area contributed by atoms with E-state index in [1.807, 2.05) is 31.2 Å². The molecule has 0 aliphatic carbocycles. The zero-order valence-corrected chi connectivity index (χ0v) is 12.6. The number of carbonyl (C=O) groups excluding carboxylic acids is 1. The van der Waals surface area contributed by atoms with Gasteiger partial charge < -0.3 is 10.4 Å². The molecule has 0 saturated carbocycles. The molecular formula is C16H19N3O3. The van der Waals surface area contributed by atoms with Crippen LogP contribution in [-0.2, 0) is 4.79 Å². The Balaban J connectivity index is 1.97. The van der Waals surface area contributed by atoms with Gasteiger partial charge in [-0.25, -0.2) is 0 Å². The summed E-state index contributed by atoms with van der Waals surface area (Å²) in [5.74, 6) is -1.28. The molecule has 1 aromatic carbocycles. The number of benzene rings is 1. The third-order valence-electron chi connectivity index (χ3n) is 3.30. The van der Waals surface area contributed by atoms with Crippen molar-refractivity contribution in [3.05, 3.63) is 41.6 Å². The number of carbonyl (C=O) groups is 2. The van der Waals surface area contributed by atoms with E-state index in [9.17, 15) is 9.59 Å². The van der Waals surface area contributed by atoms with Crippen LogP contribution >= 0.6 is 0 Å². The van der Waals surface area contributed by atoms with E-state index in [2.05, 4.69) is 15.5 Å². The van der Waals surface area contributed by atoms with Gasteiger partial charge in [0.25, 0.3) is 5.91 Å². The van der Waals surface area contributed by atoms with Gasteiger partial charge in [-0.15, -0.1) is 0 Å². The van der Waals surface area contributed by atoms with Crippen LogP contribution in [0.3, 0.4) is 0 Å². The van der Waals surface area contributed by atoms with Crippen LogP contribution < -0.4 is 5.32 Å². The number of aromatic nitrogens is 2. The topological polar surface area (TPSA) is 95.1 Å². The number of amides is 1. The fraction of sp³-hybridized carbons (Fsp3) is 0.312. The lowest BCUT2D eigenvalue weighted by Crippen LogP contribution is -2.29. The van der Waals surface area contributed by atoms with Crippen molar-refractivity contribution in [2.75, 3.05) is 6.54 Å². The molecule has 0 saturated heterocycles. The van der Waals surface area contributed by atoms with Gasteiger partial charge >= 0.3 is 5.97 Å². The summed E-state index contributed by atoms with van der Waals surface area (Å²) >= 11 is 0. The molecule has 1 amide bonds. The molecule has 1 heterocycles. The van der Waals surface area contributed by atoms with Crippen molar-refractivity contribution in [3.8, 4) is 11.3 Å². The maximum atomic E-state index is 12.0. The van der Waals surface area contributed by atoms with E-state index in [1.54, 1.807) is 13.0 Å². The number of nitrogens with one attached hydrogen (secondary N) is 2. The van der Waals surface area contributed by atoms with Gasteiger partial charge in [-0.1, -0.05) is 36.8 Å². The Morgan fingerprint density at radius 3 is 2.64 bits per heavy atom. The Hall–Kier alpha value is -2.63. The van der Waals surface area contributed by atoms with Gasteiger partial charge in [-0.3, -0.25) is 14.7 Å². The molecule has 116 valence electrons. The molecule has 0 fully saturated rings. The highest BCUT2D eigenvalue weighted by Gasteiger charge is 2.13. The predicted molar refractivity (Wildman–Crippen MR) is 82.5 cm³/mol. The molecular weight excluding hydrogens is 282 g/mol. The second-order valence-electron chi connectivity index (χ2n) is 5.45. The molecule has 22 heavy (non-hydrogen) atoms. The monoisotopic (exact) mass is 301 g/mol. The van der Waals surface area contributed by atoms with Crippen molar-refractivity contribution >= 4 is 11.9 Å². The van der Waals surface area contributed by atoms with Gasteiger partial charge in [-0.2, -0.15) is 5.10 Å². The molecule has 3 N–H and O–H groups in total. The molecule has 2 aromatic rings. The third kappa shape index (κ3) is 4.18. The van der Waals surface area contributed by atoms with Crippen molar-refractivity contribution in [2.24, 2.45) is 5.92 Å². The maximum Gasteiger partial charge on any atom is 0.303 e. The molecule has 1 atom stereocenters. The lowest BCUT2D eigenvalue weighted by molar-refractivity contribution is -0.137. The van der Waals surface area contributed by atoms with E-state index in [4.69, 9.17) is 5.11 Å². The Labute approximate surface area is 128 Å². The van der Waals surface area contributed by atoms with Gasteiger partial charge in [0.15, 0.2) is 0 Å². The number of aliphatic carboxylic acids is 1. The highest BCUT2D eigenvalue weighted by molar-refractivity contribution is 5.93. The molecule has 2 rings (SSSR count). The number of nitrogens with zero attached hydrogens (tertiary/aromatic N) is 1. The quantitative estimate of drug-likeness (QED) is 0.762. The summed E-state index contributed by atoms with van der Waals surface area (Å²) in [5, 5.41) is 18.2. The van der Waals surface area contributed by atoms with E-state index < -0.39 is 5.97 Å². The van der Waals surface area contributed by atoms with Gasteiger partial charge in [-0.05, 0) is 18.9 Å². The lowest BCUT2D eigenvalue weighted by atomic mass is 10.1. The standard InChI is InChI=1S/C16H19N3O3/c1-10-3-5-12(6-4-10)13-8-14(19-18-13)16(22)17-9-11(2)7-15(20)21/h3-6,8,11H,7,9H2,1-2H3,(H,17,22)(H,18,19)(H,20,21). The van der Waals surface area contributed by atoms with Crippen molar-refractivity contribution in [3.63, 3.8) is 0 Å². The lowest BCUT2D eigenvalue weighted by Gasteiger charge is -2.09. The number of hydrogen-bond acceptors (Lipinski definition) is 3. The summed E-state index contributed by atoms with van der Waals surface area (Å²) < 4.78 is 0. The van der Waals surface area contributed by atoms with Gasteiger partial charge in [0.1, 0.15) is 5.69 Å². The normalized spacial score (nSPS) is 11.9. The molecule has 1 aromatic heterocycles. The average molecular weight is 301 g/mol. The first kappa shape index (κ1) is 15.8. The first-order chi connectivity index (χ1) is 10.5. The minimum absolute atomic E-state index is 0.0257. The van der Waals surface area contributed by atoms with E-state index in [0.29, 0.717) is 17.9 Å². The number of carboxylic acids is 1. The van der Waals surface area contributed by atoms with Crippen LogP contribution in [0, 0.1) is 12.8 Å². The van der Waals surface area contributed by atoms with Crippen LogP contribution in [0.2, 0.25) is 0 Å². The highest BCUT2D eigenvalue weighted by atomic mass is 16.4. The zero-order valence-electron chi connectivity index (χ0n) is 12.6. The summed E-state index contributed by atoms with van der Waals surface area (Å²) in [5.41, 5.74) is 3.15. The van der Waals surface area contributed by atoms with Crippen LogP contribution in [0.25, 0.3) is 11.3 Å². The van der Waals surface area contributed by atoms with Crippen LogP contribution in [0.4, 0.5) is 0 Å². The molecule has 0 aliphatic heterocycles. The van der Waals surface area contributed by atoms with E-state index in [0.717, 1.165) is 11.1 Å². The van der Waals surface area contributed by atoms with E-state index >= 15 is 0 Å². The SMILES string of the molecule is Cc1ccc(-c2cc(C(=O)NCC(C)CC(=O)O)[nH]n2)cc1. The molecule has 6 heteroatoms. The number of aryl methyl sites for hydroxylation is 1. The van der Waals surface area contributed by atoms with Crippen molar-refractivity contribution < 1.29 is 14.7 Å². The van der Waals surface area contributed by atoms with Crippen molar-refractivity contribution in [1.82, 2.24) is 15.5 Å².